The van der Waals surface area contributed by atoms with E-state index in [1.165, 1.54) is 0 Å². The molecule has 1 aliphatic heterocycles. The van der Waals surface area contributed by atoms with Crippen molar-refractivity contribution in [2.45, 2.75) is 19.8 Å². The number of thiazole rings is 1. The average Bonchev–Trinajstić information content (AvgIpc) is 2.71. The zero-order chi connectivity index (χ0) is 10.7. The van der Waals surface area contributed by atoms with E-state index in [4.69, 9.17) is 4.74 Å². The molecular formula is C11H15NO2S. The Balaban J connectivity index is 1.95. The predicted octanol–water partition coefficient (Wildman–Crippen LogP) is 1.93. The average molecular weight is 225 g/mol. The molecule has 1 saturated heterocycles. The Hall–Kier alpha value is -0.740. The topological polar surface area (TPSA) is 39.2 Å². The number of hydrogen-bond acceptors (Lipinski definition) is 4. The van der Waals surface area contributed by atoms with Crippen molar-refractivity contribution >= 4 is 17.1 Å². The minimum absolute atomic E-state index is 0.181. The molecule has 0 bridgehead atoms. The Bertz CT molecular complexity index is 323. The number of carbonyl (C=O) groups is 1. The molecule has 1 aromatic rings. The summed E-state index contributed by atoms with van der Waals surface area (Å²) in [6.45, 7) is 3.54. The van der Waals surface area contributed by atoms with Crippen LogP contribution < -0.4 is 0 Å². The van der Waals surface area contributed by atoms with Gasteiger partial charge in [0.05, 0.1) is 5.51 Å². The first-order valence-corrected chi connectivity index (χ1v) is 6.13. The number of aromatic nitrogens is 1. The molecule has 3 nitrogen and oxygen atoms in total. The molecule has 2 rings (SSSR count). The Kier molecular flexibility index (Phi) is 3.49. The number of ketones is 1. The van der Waals surface area contributed by atoms with Gasteiger partial charge in [0.25, 0.3) is 0 Å². The lowest BCUT2D eigenvalue weighted by Gasteiger charge is -2.27. The van der Waals surface area contributed by atoms with Crippen molar-refractivity contribution in [1.82, 2.24) is 4.98 Å². The fourth-order valence-electron chi connectivity index (χ4n) is 1.99. The number of hydrogen-bond donors (Lipinski definition) is 0. The maximum atomic E-state index is 12.0. The van der Waals surface area contributed by atoms with Crippen LogP contribution in [0.5, 0.6) is 0 Å². The molecule has 1 fully saturated rings. The lowest BCUT2D eigenvalue weighted by molar-refractivity contribution is -0.127. The van der Waals surface area contributed by atoms with Crippen molar-refractivity contribution in [2.24, 2.45) is 11.8 Å². The summed E-state index contributed by atoms with van der Waals surface area (Å²) in [6, 6.07) is 0. The quantitative estimate of drug-likeness (QED) is 0.789. The molecule has 2 unspecified atom stereocenters. The second-order valence-corrected chi connectivity index (χ2v) is 5.03. The van der Waals surface area contributed by atoms with E-state index in [1.54, 1.807) is 23.0 Å². The van der Waals surface area contributed by atoms with Crippen LogP contribution in [0.3, 0.4) is 0 Å². The maximum Gasteiger partial charge on any atom is 0.141 e. The summed E-state index contributed by atoms with van der Waals surface area (Å²) in [5, 5.41) is 0. The van der Waals surface area contributed by atoms with Crippen molar-refractivity contribution in [3.63, 3.8) is 0 Å². The Morgan fingerprint density at radius 1 is 1.73 bits per heavy atom. The Morgan fingerprint density at radius 2 is 2.60 bits per heavy atom. The highest BCUT2D eigenvalue weighted by Crippen LogP contribution is 2.24. The van der Waals surface area contributed by atoms with Crippen LogP contribution >= 0.6 is 11.3 Å². The van der Waals surface area contributed by atoms with Gasteiger partial charge in [-0.2, -0.15) is 0 Å². The first kappa shape index (κ1) is 10.8. The third-order valence-corrected chi connectivity index (χ3v) is 3.67. The fraction of sp³-hybridized carbons (Fsp3) is 0.636. The zero-order valence-electron chi connectivity index (χ0n) is 8.81. The Morgan fingerprint density at radius 3 is 3.27 bits per heavy atom. The van der Waals surface area contributed by atoms with Crippen LogP contribution in [0.15, 0.2) is 11.7 Å². The first-order valence-electron chi connectivity index (χ1n) is 5.25. The van der Waals surface area contributed by atoms with Crippen LogP contribution in [-0.2, 0) is 16.0 Å². The SMILES string of the molecule is CC1COCCC1C(=O)Cc1cncs1. The highest BCUT2D eigenvalue weighted by molar-refractivity contribution is 7.09. The van der Waals surface area contributed by atoms with Gasteiger partial charge in [0.2, 0.25) is 0 Å². The lowest BCUT2D eigenvalue weighted by atomic mass is 9.85. The van der Waals surface area contributed by atoms with Crippen LogP contribution in [0.1, 0.15) is 18.2 Å². The molecule has 2 heterocycles. The summed E-state index contributed by atoms with van der Waals surface area (Å²) in [5.41, 5.74) is 1.77. The molecule has 0 amide bonds. The van der Waals surface area contributed by atoms with Gasteiger partial charge in [-0.05, 0) is 12.3 Å². The summed E-state index contributed by atoms with van der Waals surface area (Å²) in [6.07, 6.45) is 3.20. The summed E-state index contributed by atoms with van der Waals surface area (Å²) >= 11 is 1.55. The Labute approximate surface area is 93.5 Å². The van der Waals surface area contributed by atoms with Crippen LogP contribution in [0.2, 0.25) is 0 Å². The normalized spacial score (nSPS) is 26.5. The van der Waals surface area contributed by atoms with Crippen molar-refractivity contribution in [3.8, 4) is 0 Å². The molecule has 1 aliphatic rings. The van der Waals surface area contributed by atoms with Gasteiger partial charge >= 0.3 is 0 Å². The molecule has 0 spiro atoms. The summed E-state index contributed by atoms with van der Waals surface area (Å²) in [4.78, 5) is 17.0. The van der Waals surface area contributed by atoms with Crippen LogP contribution in [0, 0.1) is 11.8 Å². The van der Waals surface area contributed by atoms with Gasteiger partial charge in [0.15, 0.2) is 0 Å². The molecule has 82 valence electrons. The van der Waals surface area contributed by atoms with E-state index < -0.39 is 0 Å². The minimum atomic E-state index is 0.181. The number of carbonyl (C=O) groups excluding carboxylic acids is 1. The summed E-state index contributed by atoms with van der Waals surface area (Å²) in [5.74, 6) is 0.884. The second-order valence-electron chi connectivity index (χ2n) is 4.06. The molecule has 2 atom stereocenters. The van der Waals surface area contributed by atoms with Gasteiger partial charge in [-0.25, -0.2) is 0 Å². The smallest absolute Gasteiger partial charge is 0.141 e. The number of ether oxygens (including phenoxy) is 1. The van der Waals surface area contributed by atoms with Crippen molar-refractivity contribution < 1.29 is 9.53 Å². The predicted molar refractivity (Wildman–Crippen MR) is 58.9 cm³/mol. The fourth-order valence-corrected chi connectivity index (χ4v) is 2.60. The standard InChI is InChI=1S/C11H15NO2S/c1-8-6-14-3-2-10(8)11(13)4-9-5-12-7-15-9/h5,7-8,10H,2-4,6H2,1H3. The van der Waals surface area contributed by atoms with E-state index in [2.05, 4.69) is 11.9 Å². The molecule has 0 radical (unpaired) electrons. The maximum absolute atomic E-state index is 12.0. The largest absolute Gasteiger partial charge is 0.381 e. The van der Waals surface area contributed by atoms with Gasteiger partial charge in [-0.1, -0.05) is 6.92 Å². The highest BCUT2D eigenvalue weighted by atomic mass is 32.1. The molecule has 1 aromatic heterocycles. The third-order valence-electron chi connectivity index (χ3n) is 2.89. The molecule has 0 aliphatic carbocycles. The van der Waals surface area contributed by atoms with E-state index in [9.17, 15) is 4.79 Å². The molecule has 15 heavy (non-hydrogen) atoms. The molecule has 0 saturated carbocycles. The monoisotopic (exact) mass is 225 g/mol. The zero-order valence-corrected chi connectivity index (χ0v) is 9.63. The van der Waals surface area contributed by atoms with Gasteiger partial charge in [0, 0.05) is 36.6 Å². The van der Waals surface area contributed by atoms with Crippen LogP contribution in [-0.4, -0.2) is 24.0 Å². The molecule has 4 heteroatoms. The van der Waals surface area contributed by atoms with E-state index in [1.807, 2.05) is 0 Å². The van der Waals surface area contributed by atoms with E-state index in [0.29, 0.717) is 18.1 Å². The van der Waals surface area contributed by atoms with Gasteiger partial charge in [-0.15, -0.1) is 11.3 Å². The van der Waals surface area contributed by atoms with E-state index >= 15 is 0 Å². The van der Waals surface area contributed by atoms with Crippen molar-refractivity contribution in [2.75, 3.05) is 13.2 Å². The van der Waals surface area contributed by atoms with Crippen molar-refractivity contribution in [3.05, 3.63) is 16.6 Å². The van der Waals surface area contributed by atoms with Crippen molar-refractivity contribution in [1.29, 1.82) is 0 Å². The lowest BCUT2D eigenvalue weighted by Crippen LogP contribution is -2.32. The highest BCUT2D eigenvalue weighted by Gasteiger charge is 2.28. The second kappa shape index (κ2) is 4.86. The third kappa shape index (κ3) is 2.63. The minimum Gasteiger partial charge on any atom is -0.381 e. The first-order chi connectivity index (χ1) is 7.27. The summed E-state index contributed by atoms with van der Waals surface area (Å²) in [7, 11) is 0. The number of rotatable bonds is 3. The number of Topliss-reactive ketones (excluding diaryl/α,β-unsaturated/α-hetero) is 1. The summed E-state index contributed by atoms with van der Waals surface area (Å²) < 4.78 is 5.34. The van der Waals surface area contributed by atoms with Gasteiger partial charge < -0.3 is 4.74 Å². The van der Waals surface area contributed by atoms with Crippen LogP contribution in [0.25, 0.3) is 0 Å². The van der Waals surface area contributed by atoms with E-state index in [-0.39, 0.29) is 5.92 Å². The van der Waals surface area contributed by atoms with Gasteiger partial charge in [0.1, 0.15) is 5.78 Å². The molecule has 0 aromatic carbocycles. The van der Waals surface area contributed by atoms with Gasteiger partial charge in [-0.3, -0.25) is 9.78 Å². The number of nitrogens with zero attached hydrogens (tertiary/aromatic N) is 1. The molecular weight excluding hydrogens is 210 g/mol. The van der Waals surface area contributed by atoms with E-state index in [0.717, 1.165) is 24.5 Å². The van der Waals surface area contributed by atoms with Crippen LogP contribution in [0.4, 0.5) is 0 Å². The molecule has 0 N–H and O–H groups in total.